The van der Waals surface area contributed by atoms with Gasteiger partial charge in [0, 0.05) is 76.0 Å². The van der Waals surface area contributed by atoms with Crippen LogP contribution in [0.15, 0.2) is 101 Å². The number of unbranched alkanes of at least 4 members (excludes halogenated alkanes) is 1. The fourth-order valence-electron chi connectivity index (χ4n) is 11.8. The van der Waals surface area contributed by atoms with E-state index in [4.69, 9.17) is 10.3 Å². The first kappa shape index (κ1) is 90.0. The van der Waals surface area contributed by atoms with Crippen LogP contribution in [0.5, 0.6) is 0 Å². The van der Waals surface area contributed by atoms with Gasteiger partial charge in [-0.1, -0.05) is 173 Å². The monoisotopic (exact) mass is 1520 g/mol. The summed E-state index contributed by atoms with van der Waals surface area (Å²) in [5, 5.41) is 20.0. The molecule has 29 nitrogen and oxygen atoms in total. The van der Waals surface area contributed by atoms with Gasteiger partial charge in [-0.25, -0.2) is 9.79 Å². The second-order valence-electron chi connectivity index (χ2n) is 28.9. The SMILES string of the molecule is C=NC(=O)[C@H](C)NC(=O)[C@H](C)N(C)C(=O)[C@H](Cc1ccccc1)N(C)C(=O)[C@H](C)NC(=O)[C@H](CC(C)C)N(C)C(=O)[C@H](C)N(C)C(=O)[C@H](CC(C)C)NC(=O)[C@H](CCCCN=[N+]=[N-])NC(=O)[C@H](Cc1ccccc1)NC(=O)COC(=O)[C@@H]1CCCN1C(=O)[C@H](CSSC(C)(C)C)NC(=O)CCc1ccccc1. The molecule has 4 rings (SSSR count). The average Bonchev–Trinajstić information content (AvgIpc) is 1.78. The fourth-order valence-corrected chi connectivity index (χ4v) is 14.3. The molecule has 6 N–H and O–H groups in total. The molecular weight excluding hydrogens is 1410 g/mol. The quantitative estimate of drug-likeness (QED) is 0.00729. The smallest absolute Gasteiger partial charge is 0.329 e. The Kier molecular flexibility index (Phi) is 37.6. The van der Waals surface area contributed by atoms with Crippen molar-refractivity contribution in [2.24, 2.45) is 21.9 Å². The van der Waals surface area contributed by atoms with Gasteiger partial charge in [0.15, 0.2) is 6.61 Å². The van der Waals surface area contributed by atoms with Gasteiger partial charge in [0.1, 0.15) is 66.5 Å². The molecule has 12 amide bonds. The fraction of sp³-hybridized carbons (Fsp3) is 0.579. The van der Waals surface area contributed by atoms with Crippen molar-refractivity contribution in [1.82, 2.24) is 56.4 Å². The normalized spacial score (nSPS) is 15.5. The third kappa shape index (κ3) is 29.7. The lowest BCUT2D eigenvalue weighted by atomic mass is 9.99. The number of amides is 12. The van der Waals surface area contributed by atoms with E-state index in [1.54, 1.807) is 71.5 Å². The van der Waals surface area contributed by atoms with Crippen LogP contribution in [0.4, 0.5) is 0 Å². The van der Waals surface area contributed by atoms with E-state index < -0.39 is 144 Å². The van der Waals surface area contributed by atoms with Crippen LogP contribution < -0.4 is 31.9 Å². The number of nitrogens with zero attached hydrogens (tertiary/aromatic N) is 9. The summed E-state index contributed by atoms with van der Waals surface area (Å²) in [5.41, 5.74) is 11.3. The topological polar surface area (TPSA) is 381 Å². The van der Waals surface area contributed by atoms with Gasteiger partial charge in [0.25, 0.3) is 11.8 Å². The first-order valence-corrected chi connectivity index (χ1v) is 38.6. The molecule has 1 aliphatic heterocycles. The van der Waals surface area contributed by atoms with Crippen LogP contribution in [0.2, 0.25) is 0 Å². The highest BCUT2D eigenvalue weighted by molar-refractivity contribution is 8.77. The Balaban J connectivity index is 1.52. The van der Waals surface area contributed by atoms with Crippen LogP contribution in [0, 0.1) is 11.8 Å². The number of carbonyl (C=O) groups is 13. The lowest BCUT2D eigenvalue weighted by Gasteiger charge is -2.36. The molecule has 31 heteroatoms. The van der Waals surface area contributed by atoms with Crippen LogP contribution in [-0.2, 0) is 86.3 Å². The maximum atomic E-state index is 14.8. The summed E-state index contributed by atoms with van der Waals surface area (Å²) >= 11 is 0. The van der Waals surface area contributed by atoms with Crippen molar-refractivity contribution in [3.05, 3.63) is 118 Å². The molecule has 1 heterocycles. The summed E-state index contributed by atoms with van der Waals surface area (Å²) in [6, 6.07) is 13.9. The lowest BCUT2D eigenvalue weighted by Crippen LogP contribution is -2.60. The molecular formula is C76H111N15O14S2. The third-order valence-electron chi connectivity index (χ3n) is 18.2. The van der Waals surface area contributed by atoms with Crippen molar-refractivity contribution in [3.63, 3.8) is 0 Å². The zero-order valence-corrected chi connectivity index (χ0v) is 66.2. The predicted molar refractivity (Wildman–Crippen MR) is 412 cm³/mol. The number of hydrogen-bond acceptors (Lipinski definition) is 17. The van der Waals surface area contributed by atoms with Crippen molar-refractivity contribution in [3.8, 4) is 0 Å². The minimum atomic E-state index is -1.38. The Hall–Kier alpha value is -9.35. The number of ether oxygens (including phenoxy) is 1. The Morgan fingerprint density at radius 1 is 0.579 bits per heavy atom. The van der Waals surface area contributed by atoms with E-state index in [1.807, 2.05) is 78.8 Å². The highest BCUT2D eigenvalue weighted by Gasteiger charge is 2.42. The highest BCUT2D eigenvalue weighted by atomic mass is 33.1. The molecule has 0 saturated carbocycles. The van der Waals surface area contributed by atoms with Crippen LogP contribution in [0.25, 0.3) is 10.4 Å². The lowest BCUT2D eigenvalue weighted by molar-refractivity contribution is -0.156. The number of esters is 1. The summed E-state index contributed by atoms with van der Waals surface area (Å²) in [5.74, 6) is -9.07. The molecule has 586 valence electrons. The van der Waals surface area contributed by atoms with E-state index in [-0.39, 0.29) is 92.7 Å². The van der Waals surface area contributed by atoms with E-state index in [9.17, 15) is 62.3 Å². The van der Waals surface area contributed by atoms with E-state index in [0.717, 1.165) is 15.4 Å². The van der Waals surface area contributed by atoms with Crippen LogP contribution in [-0.4, -0.2) is 233 Å². The number of rotatable bonds is 42. The molecule has 0 unspecified atom stereocenters. The molecule has 11 atom stereocenters. The first-order valence-electron chi connectivity index (χ1n) is 36.3. The average molecular weight is 1520 g/mol. The maximum absolute atomic E-state index is 14.8. The number of nitrogens with one attached hydrogen (secondary N) is 6. The first-order chi connectivity index (χ1) is 50.5. The number of likely N-dealkylation sites (N-methyl/N-ethyl adjacent to an activating group) is 4. The molecule has 3 aromatic rings. The summed E-state index contributed by atoms with van der Waals surface area (Å²) in [4.78, 5) is 195. The van der Waals surface area contributed by atoms with E-state index in [2.05, 4.69) is 53.6 Å². The van der Waals surface area contributed by atoms with E-state index in [1.165, 1.54) is 81.4 Å². The Morgan fingerprint density at radius 3 is 1.68 bits per heavy atom. The number of hydrogen-bond donors (Lipinski definition) is 6. The molecule has 1 aliphatic rings. The second-order valence-corrected chi connectivity index (χ2v) is 32.0. The van der Waals surface area contributed by atoms with Gasteiger partial charge in [-0.15, -0.1) is 0 Å². The second kappa shape index (κ2) is 44.7. The molecule has 0 spiro atoms. The summed E-state index contributed by atoms with van der Waals surface area (Å²) in [7, 11) is 8.54. The van der Waals surface area contributed by atoms with E-state index >= 15 is 0 Å². The van der Waals surface area contributed by atoms with Gasteiger partial charge in [-0.3, -0.25) is 57.5 Å². The summed E-state index contributed by atoms with van der Waals surface area (Å²) in [6.07, 6.45) is 1.84. The minimum Gasteiger partial charge on any atom is -0.454 e. The Bertz CT molecular complexity index is 3560. The van der Waals surface area contributed by atoms with Crippen molar-refractivity contribution in [1.29, 1.82) is 0 Å². The van der Waals surface area contributed by atoms with Gasteiger partial charge in [-0.2, -0.15) is 0 Å². The number of azide groups is 1. The number of aryl methyl sites for hydroxylation is 1. The Labute approximate surface area is 637 Å². The number of benzene rings is 3. The number of likely N-dealkylation sites (tertiary alicyclic amines) is 1. The predicted octanol–water partition coefficient (Wildman–Crippen LogP) is 5.92. The molecule has 3 aromatic carbocycles. The molecule has 1 saturated heterocycles. The molecule has 107 heavy (non-hydrogen) atoms. The molecule has 0 bridgehead atoms. The Morgan fingerprint density at radius 2 is 1.11 bits per heavy atom. The van der Waals surface area contributed by atoms with Gasteiger partial charge in [-0.05, 0) is 113 Å². The van der Waals surface area contributed by atoms with Crippen LogP contribution >= 0.6 is 21.6 Å². The number of aliphatic imine (C=N–C) groups is 1. The summed E-state index contributed by atoms with van der Waals surface area (Å²) in [6.45, 7) is 21.8. The summed E-state index contributed by atoms with van der Waals surface area (Å²) < 4.78 is 5.41. The minimum absolute atomic E-state index is 0.0156. The van der Waals surface area contributed by atoms with Crippen LogP contribution in [0.3, 0.4) is 0 Å². The van der Waals surface area contributed by atoms with Gasteiger partial charge in [0.2, 0.25) is 59.1 Å². The highest BCUT2D eigenvalue weighted by Crippen LogP contribution is 2.36. The van der Waals surface area contributed by atoms with Crippen molar-refractivity contribution in [2.45, 2.75) is 218 Å². The molecule has 1 fully saturated rings. The van der Waals surface area contributed by atoms with Crippen molar-refractivity contribution < 1.29 is 67.1 Å². The zero-order valence-electron chi connectivity index (χ0n) is 64.5. The van der Waals surface area contributed by atoms with Gasteiger partial charge in [0.05, 0.1) is 0 Å². The van der Waals surface area contributed by atoms with Crippen molar-refractivity contribution in [2.75, 3.05) is 53.6 Å². The van der Waals surface area contributed by atoms with Crippen LogP contribution in [0.1, 0.15) is 144 Å². The molecule has 0 aliphatic carbocycles. The zero-order chi connectivity index (χ0) is 79.8. The van der Waals surface area contributed by atoms with Crippen molar-refractivity contribution >= 4 is 105 Å². The standard InChI is InChI=1S/C76H111N15O14S2/c1-47(2)41-58(72(101)88(14)52(8)71(100)89(15)61(42-48(3)4)69(98)81-50(6)70(99)90(16)62(44-55-33-24-19-25-34-55)74(103)87(13)51(7)66(95)80-49(5)65(94)78-12)85-67(96)56(35-26-27-39-79-86-77)84-68(97)57(43-54-31-22-18-23-32-54)82-64(93)45-105-75(104)60-36-28-40-91(60)73(102)59(46-106-107-76(9,10)11)83-63(92)38-37-53-29-20-17-21-30-53/h17-25,29-34,47-52,56-62H,12,26-28,35-46H2,1-11,13-16H3,(H,80,95)(H,81,98)(H,82,93)(H,83,92)(H,84,97)(H,85,96)/t49-,50-,51-,52-,56-,57-,58-,59-,60-,61-,62-/m0/s1. The largest absolute Gasteiger partial charge is 0.454 e. The van der Waals surface area contributed by atoms with Gasteiger partial charge < -0.3 is 61.1 Å². The van der Waals surface area contributed by atoms with E-state index in [0.29, 0.717) is 30.4 Å². The van der Waals surface area contributed by atoms with Gasteiger partial charge >= 0.3 is 5.97 Å². The number of carbonyl (C=O) groups excluding carboxylic acids is 13. The maximum Gasteiger partial charge on any atom is 0.329 e. The molecule has 0 aromatic heterocycles. The molecule has 0 radical (unpaired) electrons. The third-order valence-corrected chi connectivity index (χ3v) is 21.5.